The van der Waals surface area contributed by atoms with Crippen LogP contribution < -0.4 is 9.47 Å². The SMILES string of the molecule is CN(C)C(=O)C[C@@H]1C[C@H]2CN(Cc3ccc4c(c3)OCO4)C[C@H]2O1. The number of nitrogens with zero attached hydrogens (tertiary/aromatic N) is 2. The molecule has 0 spiro atoms. The summed E-state index contributed by atoms with van der Waals surface area (Å²) < 4.78 is 16.9. The first-order valence-corrected chi connectivity index (χ1v) is 8.55. The molecule has 0 radical (unpaired) electrons. The smallest absolute Gasteiger partial charge is 0.231 e. The van der Waals surface area contributed by atoms with E-state index in [2.05, 4.69) is 17.0 Å². The predicted octanol–water partition coefficient (Wildman–Crippen LogP) is 1.48. The summed E-state index contributed by atoms with van der Waals surface area (Å²) in [5, 5.41) is 0. The van der Waals surface area contributed by atoms with E-state index in [1.54, 1.807) is 19.0 Å². The monoisotopic (exact) mass is 332 g/mol. The van der Waals surface area contributed by atoms with Gasteiger partial charge in [0.2, 0.25) is 12.7 Å². The Morgan fingerprint density at radius 2 is 2.08 bits per heavy atom. The van der Waals surface area contributed by atoms with Crippen molar-refractivity contribution in [3.05, 3.63) is 23.8 Å². The Hall–Kier alpha value is -1.79. The molecule has 0 saturated carbocycles. The first-order chi connectivity index (χ1) is 11.6. The lowest BCUT2D eigenvalue weighted by atomic mass is 10.0. The van der Waals surface area contributed by atoms with Gasteiger partial charge in [-0.15, -0.1) is 0 Å². The molecule has 1 amide bonds. The second-order valence-electron chi connectivity index (χ2n) is 7.17. The summed E-state index contributed by atoms with van der Waals surface area (Å²) in [5.41, 5.74) is 1.23. The lowest BCUT2D eigenvalue weighted by molar-refractivity contribution is -0.131. The molecule has 0 N–H and O–H groups in total. The van der Waals surface area contributed by atoms with E-state index in [4.69, 9.17) is 14.2 Å². The van der Waals surface area contributed by atoms with Crippen LogP contribution in [0.25, 0.3) is 0 Å². The number of ether oxygens (including phenoxy) is 3. The highest BCUT2D eigenvalue weighted by atomic mass is 16.7. The molecular weight excluding hydrogens is 308 g/mol. The van der Waals surface area contributed by atoms with Crippen LogP contribution in [0.15, 0.2) is 18.2 Å². The van der Waals surface area contributed by atoms with Gasteiger partial charge in [-0.1, -0.05) is 6.07 Å². The molecule has 3 heterocycles. The third kappa shape index (κ3) is 3.08. The molecule has 0 aliphatic carbocycles. The molecule has 6 heteroatoms. The van der Waals surface area contributed by atoms with E-state index in [9.17, 15) is 4.79 Å². The summed E-state index contributed by atoms with van der Waals surface area (Å²) in [6, 6.07) is 6.14. The summed E-state index contributed by atoms with van der Waals surface area (Å²) in [6.45, 7) is 3.18. The number of likely N-dealkylation sites (tertiary alicyclic amines) is 1. The largest absolute Gasteiger partial charge is 0.454 e. The Labute approximate surface area is 142 Å². The fourth-order valence-corrected chi connectivity index (χ4v) is 3.88. The number of rotatable bonds is 4. The zero-order valence-electron chi connectivity index (χ0n) is 14.2. The molecule has 1 aromatic carbocycles. The van der Waals surface area contributed by atoms with E-state index in [-0.39, 0.29) is 18.1 Å². The van der Waals surface area contributed by atoms with Crippen LogP contribution in [0.1, 0.15) is 18.4 Å². The van der Waals surface area contributed by atoms with Crippen LogP contribution in [-0.4, -0.2) is 61.9 Å². The van der Waals surface area contributed by atoms with Crippen molar-refractivity contribution < 1.29 is 19.0 Å². The maximum Gasteiger partial charge on any atom is 0.231 e. The van der Waals surface area contributed by atoms with Gasteiger partial charge >= 0.3 is 0 Å². The molecule has 0 aromatic heterocycles. The van der Waals surface area contributed by atoms with Gasteiger partial charge in [-0.05, 0) is 24.1 Å². The zero-order chi connectivity index (χ0) is 16.7. The Morgan fingerprint density at radius 1 is 1.25 bits per heavy atom. The van der Waals surface area contributed by atoms with Gasteiger partial charge in [0.25, 0.3) is 0 Å². The fourth-order valence-electron chi connectivity index (χ4n) is 3.88. The van der Waals surface area contributed by atoms with Gasteiger partial charge in [-0.25, -0.2) is 0 Å². The minimum atomic E-state index is 0.0857. The van der Waals surface area contributed by atoms with Crippen LogP contribution in [0.5, 0.6) is 11.5 Å². The summed E-state index contributed by atoms with van der Waals surface area (Å²) >= 11 is 0. The molecule has 6 nitrogen and oxygen atoms in total. The van der Waals surface area contributed by atoms with Crippen molar-refractivity contribution in [3.8, 4) is 11.5 Å². The van der Waals surface area contributed by atoms with E-state index in [0.29, 0.717) is 19.1 Å². The van der Waals surface area contributed by atoms with Crippen molar-refractivity contribution in [2.24, 2.45) is 5.92 Å². The van der Waals surface area contributed by atoms with Crippen LogP contribution in [0.3, 0.4) is 0 Å². The van der Waals surface area contributed by atoms with Crippen molar-refractivity contribution in [1.82, 2.24) is 9.80 Å². The molecule has 4 rings (SSSR count). The van der Waals surface area contributed by atoms with E-state index in [0.717, 1.165) is 37.6 Å². The Balaban J connectivity index is 1.30. The molecule has 130 valence electrons. The average molecular weight is 332 g/mol. The summed E-state index contributed by atoms with van der Waals surface area (Å²) in [5.74, 6) is 2.36. The molecule has 2 saturated heterocycles. The van der Waals surface area contributed by atoms with Crippen LogP contribution in [0, 0.1) is 5.92 Å². The molecule has 3 aliphatic rings. The topological polar surface area (TPSA) is 51.2 Å². The van der Waals surface area contributed by atoms with Gasteiger partial charge in [-0.3, -0.25) is 9.69 Å². The van der Waals surface area contributed by atoms with E-state index in [1.165, 1.54) is 5.56 Å². The average Bonchev–Trinajstić information content (AvgIpc) is 3.21. The maximum atomic E-state index is 11.8. The predicted molar refractivity (Wildman–Crippen MR) is 87.9 cm³/mol. The van der Waals surface area contributed by atoms with Gasteiger partial charge in [0.15, 0.2) is 11.5 Å². The van der Waals surface area contributed by atoms with Gasteiger partial charge in [0.05, 0.1) is 18.6 Å². The maximum absolute atomic E-state index is 11.8. The minimum Gasteiger partial charge on any atom is -0.454 e. The van der Waals surface area contributed by atoms with Gasteiger partial charge < -0.3 is 19.1 Å². The summed E-state index contributed by atoms with van der Waals surface area (Å²) in [4.78, 5) is 15.9. The van der Waals surface area contributed by atoms with Crippen molar-refractivity contribution in [2.75, 3.05) is 34.0 Å². The van der Waals surface area contributed by atoms with Crippen LogP contribution in [-0.2, 0) is 16.1 Å². The molecule has 1 aromatic rings. The second kappa shape index (κ2) is 6.26. The molecule has 3 aliphatic heterocycles. The van der Waals surface area contributed by atoms with Crippen molar-refractivity contribution in [3.63, 3.8) is 0 Å². The van der Waals surface area contributed by atoms with Crippen LogP contribution >= 0.6 is 0 Å². The quantitative estimate of drug-likeness (QED) is 0.836. The van der Waals surface area contributed by atoms with Gasteiger partial charge in [0, 0.05) is 39.6 Å². The Kier molecular flexibility index (Phi) is 4.10. The molecule has 0 bridgehead atoms. The van der Waals surface area contributed by atoms with Crippen LogP contribution in [0.4, 0.5) is 0 Å². The first-order valence-electron chi connectivity index (χ1n) is 8.55. The molecule has 2 fully saturated rings. The number of hydrogen-bond acceptors (Lipinski definition) is 5. The number of carbonyl (C=O) groups is 1. The van der Waals surface area contributed by atoms with Crippen molar-refractivity contribution in [1.29, 1.82) is 0 Å². The van der Waals surface area contributed by atoms with Gasteiger partial charge in [-0.2, -0.15) is 0 Å². The number of carbonyl (C=O) groups excluding carboxylic acids is 1. The first kappa shape index (κ1) is 15.7. The van der Waals surface area contributed by atoms with E-state index >= 15 is 0 Å². The number of benzene rings is 1. The molecular formula is C18H24N2O4. The molecule has 3 atom stereocenters. The number of hydrogen-bond donors (Lipinski definition) is 0. The summed E-state index contributed by atoms with van der Waals surface area (Å²) in [7, 11) is 3.59. The Morgan fingerprint density at radius 3 is 2.88 bits per heavy atom. The number of fused-ring (bicyclic) bond motifs is 2. The van der Waals surface area contributed by atoms with Gasteiger partial charge in [0.1, 0.15) is 0 Å². The third-order valence-electron chi connectivity index (χ3n) is 5.13. The third-order valence-corrected chi connectivity index (χ3v) is 5.13. The van der Waals surface area contributed by atoms with E-state index in [1.807, 2.05) is 6.07 Å². The normalized spacial score (nSPS) is 28.2. The second-order valence-corrected chi connectivity index (χ2v) is 7.17. The summed E-state index contributed by atoms with van der Waals surface area (Å²) in [6.07, 6.45) is 1.84. The lowest BCUT2D eigenvalue weighted by Crippen LogP contribution is -2.29. The highest BCUT2D eigenvalue weighted by Crippen LogP contribution is 2.36. The van der Waals surface area contributed by atoms with Crippen LogP contribution in [0.2, 0.25) is 0 Å². The Bertz CT molecular complexity index is 619. The van der Waals surface area contributed by atoms with Crippen molar-refractivity contribution >= 4 is 5.91 Å². The fraction of sp³-hybridized carbons (Fsp3) is 0.611. The highest BCUT2D eigenvalue weighted by molar-refractivity contribution is 5.76. The minimum absolute atomic E-state index is 0.0857. The molecule has 24 heavy (non-hydrogen) atoms. The number of amides is 1. The zero-order valence-corrected chi connectivity index (χ0v) is 14.2. The standard InChI is InChI=1S/C18H24N2O4/c1-19(2)18(21)7-14-6-13-9-20(10-17(13)24-14)8-12-3-4-15-16(5-12)23-11-22-15/h3-5,13-14,17H,6-11H2,1-2H3/t13-,14-,17+/m0/s1. The lowest BCUT2D eigenvalue weighted by Gasteiger charge is -2.20. The molecule has 0 unspecified atom stereocenters. The van der Waals surface area contributed by atoms with E-state index < -0.39 is 0 Å². The highest BCUT2D eigenvalue weighted by Gasteiger charge is 2.42. The van der Waals surface area contributed by atoms with Crippen molar-refractivity contribution in [2.45, 2.75) is 31.6 Å².